The Labute approximate surface area is 95.3 Å². The summed E-state index contributed by atoms with van der Waals surface area (Å²) in [6.07, 6.45) is 0.960. The van der Waals surface area contributed by atoms with E-state index in [0.29, 0.717) is 0 Å². The van der Waals surface area contributed by atoms with Gasteiger partial charge < -0.3 is 14.4 Å². The Morgan fingerprint density at radius 2 is 2.12 bits per heavy atom. The molecule has 0 amide bonds. The topological polar surface area (TPSA) is 34.4 Å². The van der Waals surface area contributed by atoms with Crippen molar-refractivity contribution in [2.75, 3.05) is 13.7 Å². The lowest BCUT2D eigenvalue weighted by Crippen LogP contribution is -2.05. The molecule has 0 radical (unpaired) electrons. The molecule has 0 saturated carbocycles. The van der Waals surface area contributed by atoms with Gasteiger partial charge in [0.15, 0.2) is 0 Å². The zero-order valence-corrected chi connectivity index (χ0v) is 9.52. The number of hydrogen-bond donors (Lipinski definition) is 1. The number of para-hydroxylation sites is 1. The van der Waals surface area contributed by atoms with Gasteiger partial charge in [-0.2, -0.15) is 0 Å². The summed E-state index contributed by atoms with van der Waals surface area (Å²) in [5.74, 6) is 0. The van der Waals surface area contributed by atoms with E-state index in [4.69, 9.17) is 4.74 Å². The monoisotopic (exact) mass is 219 g/mol. The van der Waals surface area contributed by atoms with Crippen LogP contribution in [0.2, 0.25) is 0 Å². The number of hydrogen-bond acceptors (Lipinski definition) is 2. The van der Waals surface area contributed by atoms with Crippen molar-refractivity contribution in [3.05, 3.63) is 36.0 Å². The standard InChI is InChI=1S/C13H17NO2/c1-16-8-4-7-14-12(10-15)9-11-5-2-3-6-13(11)14/h2-3,5-6,9,15H,4,7-8,10H2,1H3. The van der Waals surface area contributed by atoms with E-state index in [0.717, 1.165) is 25.3 Å². The Balaban J connectivity index is 2.32. The molecule has 0 bridgehead atoms. The first-order valence-electron chi connectivity index (χ1n) is 5.53. The minimum Gasteiger partial charge on any atom is -0.390 e. The molecule has 0 spiro atoms. The molecule has 1 aromatic heterocycles. The molecular formula is C13H17NO2. The number of methoxy groups -OCH3 is 1. The van der Waals surface area contributed by atoms with Crippen molar-refractivity contribution in [1.29, 1.82) is 0 Å². The fraction of sp³-hybridized carbons (Fsp3) is 0.385. The van der Waals surface area contributed by atoms with Crippen molar-refractivity contribution in [2.45, 2.75) is 19.6 Å². The van der Waals surface area contributed by atoms with Gasteiger partial charge in [0.25, 0.3) is 0 Å². The molecule has 16 heavy (non-hydrogen) atoms. The van der Waals surface area contributed by atoms with Crippen LogP contribution in [-0.2, 0) is 17.9 Å². The van der Waals surface area contributed by atoms with Gasteiger partial charge in [0.1, 0.15) is 0 Å². The first-order valence-corrected chi connectivity index (χ1v) is 5.53. The number of nitrogens with zero attached hydrogens (tertiary/aromatic N) is 1. The zero-order valence-electron chi connectivity index (χ0n) is 9.52. The zero-order chi connectivity index (χ0) is 11.4. The van der Waals surface area contributed by atoms with Crippen LogP contribution < -0.4 is 0 Å². The van der Waals surface area contributed by atoms with Crippen LogP contribution in [0.1, 0.15) is 12.1 Å². The summed E-state index contributed by atoms with van der Waals surface area (Å²) in [7, 11) is 1.71. The summed E-state index contributed by atoms with van der Waals surface area (Å²) in [6, 6.07) is 10.2. The summed E-state index contributed by atoms with van der Waals surface area (Å²) in [4.78, 5) is 0. The predicted octanol–water partition coefficient (Wildman–Crippen LogP) is 2.17. The lowest BCUT2D eigenvalue weighted by atomic mass is 10.2. The molecule has 0 atom stereocenters. The Hall–Kier alpha value is -1.32. The van der Waals surface area contributed by atoms with Crippen LogP contribution >= 0.6 is 0 Å². The number of rotatable bonds is 5. The molecule has 1 aromatic carbocycles. The number of benzene rings is 1. The van der Waals surface area contributed by atoms with Crippen LogP contribution in [-0.4, -0.2) is 23.4 Å². The highest BCUT2D eigenvalue weighted by atomic mass is 16.5. The van der Waals surface area contributed by atoms with Gasteiger partial charge in [-0.15, -0.1) is 0 Å². The largest absolute Gasteiger partial charge is 0.390 e. The molecule has 3 nitrogen and oxygen atoms in total. The van der Waals surface area contributed by atoms with Gasteiger partial charge in [-0.25, -0.2) is 0 Å². The average molecular weight is 219 g/mol. The molecule has 3 heteroatoms. The quantitative estimate of drug-likeness (QED) is 0.782. The third kappa shape index (κ3) is 2.10. The van der Waals surface area contributed by atoms with Gasteiger partial charge in [0.2, 0.25) is 0 Å². The van der Waals surface area contributed by atoms with Crippen LogP contribution in [0.15, 0.2) is 30.3 Å². The summed E-state index contributed by atoms with van der Waals surface area (Å²) in [6.45, 7) is 1.72. The van der Waals surface area contributed by atoms with E-state index in [1.165, 1.54) is 10.9 Å². The second-order valence-electron chi connectivity index (χ2n) is 3.85. The normalized spacial score (nSPS) is 11.1. The molecule has 0 aliphatic carbocycles. The summed E-state index contributed by atoms with van der Waals surface area (Å²) in [5, 5.41) is 10.5. The minimum atomic E-state index is 0.0850. The fourth-order valence-corrected chi connectivity index (χ4v) is 2.03. The number of aryl methyl sites for hydroxylation is 1. The third-order valence-electron chi connectivity index (χ3n) is 2.79. The lowest BCUT2D eigenvalue weighted by molar-refractivity contribution is 0.189. The second kappa shape index (κ2) is 5.14. The van der Waals surface area contributed by atoms with Crippen molar-refractivity contribution in [3.63, 3.8) is 0 Å². The van der Waals surface area contributed by atoms with Crippen molar-refractivity contribution >= 4 is 10.9 Å². The molecule has 0 aliphatic heterocycles. The van der Waals surface area contributed by atoms with Crippen LogP contribution in [0.25, 0.3) is 10.9 Å². The van der Waals surface area contributed by atoms with E-state index in [2.05, 4.69) is 16.7 Å². The Morgan fingerprint density at radius 3 is 2.88 bits per heavy atom. The van der Waals surface area contributed by atoms with Gasteiger partial charge in [-0.05, 0) is 23.9 Å². The third-order valence-corrected chi connectivity index (χ3v) is 2.79. The van der Waals surface area contributed by atoms with Gasteiger partial charge in [-0.1, -0.05) is 18.2 Å². The highest BCUT2D eigenvalue weighted by molar-refractivity contribution is 5.81. The molecule has 86 valence electrons. The summed E-state index contributed by atoms with van der Waals surface area (Å²) in [5.41, 5.74) is 2.15. The van der Waals surface area contributed by atoms with E-state index < -0.39 is 0 Å². The lowest BCUT2D eigenvalue weighted by Gasteiger charge is -2.08. The number of fused-ring (bicyclic) bond motifs is 1. The first kappa shape index (κ1) is 11.2. The Morgan fingerprint density at radius 1 is 1.31 bits per heavy atom. The number of aliphatic hydroxyl groups excluding tert-OH is 1. The highest BCUT2D eigenvalue weighted by Gasteiger charge is 2.06. The van der Waals surface area contributed by atoms with Gasteiger partial charge in [-0.3, -0.25) is 0 Å². The maximum atomic E-state index is 9.32. The van der Waals surface area contributed by atoms with E-state index in [1.54, 1.807) is 7.11 Å². The van der Waals surface area contributed by atoms with Crippen molar-refractivity contribution in [2.24, 2.45) is 0 Å². The molecule has 2 rings (SSSR count). The molecular weight excluding hydrogens is 202 g/mol. The van der Waals surface area contributed by atoms with Gasteiger partial charge in [0.05, 0.1) is 6.61 Å². The van der Waals surface area contributed by atoms with Gasteiger partial charge >= 0.3 is 0 Å². The van der Waals surface area contributed by atoms with Crippen molar-refractivity contribution in [3.8, 4) is 0 Å². The van der Waals surface area contributed by atoms with E-state index in [1.807, 2.05) is 18.2 Å². The Bertz CT molecular complexity index is 462. The average Bonchev–Trinajstić information content (AvgIpc) is 2.68. The molecule has 1 heterocycles. The molecule has 1 N–H and O–H groups in total. The van der Waals surface area contributed by atoms with Gasteiger partial charge in [0, 0.05) is 31.5 Å². The number of ether oxygens (including phenoxy) is 1. The molecule has 0 aliphatic rings. The number of aliphatic hydroxyl groups is 1. The fourth-order valence-electron chi connectivity index (χ4n) is 2.03. The van der Waals surface area contributed by atoms with Crippen LogP contribution in [0.5, 0.6) is 0 Å². The summed E-state index contributed by atoms with van der Waals surface area (Å²) < 4.78 is 7.21. The van der Waals surface area contributed by atoms with Crippen molar-refractivity contribution < 1.29 is 9.84 Å². The molecule has 2 aromatic rings. The van der Waals surface area contributed by atoms with Crippen LogP contribution in [0.4, 0.5) is 0 Å². The van der Waals surface area contributed by atoms with Crippen molar-refractivity contribution in [1.82, 2.24) is 4.57 Å². The second-order valence-corrected chi connectivity index (χ2v) is 3.85. The molecule has 0 fully saturated rings. The maximum Gasteiger partial charge on any atom is 0.0833 e. The number of aromatic nitrogens is 1. The van der Waals surface area contributed by atoms with E-state index in [-0.39, 0.29) is 6.61 Å². The SMILES string of the molecule is COCCCn1c(CO)cc2ccccc21. The van der Waals surface area contributed by atoms with Crippen LogP contribution in [0.3, 0.4) is 0 Å². The van der Waals surface area contributed by atoms with E-state index >= 15 is 0 Å². The maximum absolute atomic E-state index is 9.32. The molecule has 0 saturated heterocycles. The predicted molar refractivity (Wildman–Crippen MR) is 64.4 cm³/mol. The smallest absolute Gasteiger partial charge is 0.0833 e. The van der Waals surface area contributed by atoms with Crippen LogP contribution in [0, 0.1) is 0 Å². The first-order chi connectivity index (χ1) is 7.86. The highest BCUT2D eigenvalue weighted by Crippen LogP contribution is 2.20. The Kier molecular flexibility index (Phi) is 3.59. The van der Waals surface area contributed by atoms with E-state index in [9.17, 15) is 5.11 Å². The summed E-state index contributed by atoms with van der Waals surface area (Å²) >= 11 is 0. The molecule has 0 unspecified atom stereocenters. The minimum absolute atomic E-state index is 0.0850.